The molecular formula is C19H31N3O4S. The highest BCUT2D eigenvalue weighted by molar-refractivity contribution is 7.91. The minimum Gasteiger partial charge on any atom is -0.493 e. The number of benzene rings is 1. The molecule has 0 aromatic heterocycles. The van der Waals surface area contributed by atoms with Crippen LogP contribution in [0.1, 0.15) is 32.3 Å². The third-order valence-electron chi connectivity index (χ3n) is 4.34. The summed E-state index contributed by atoms with van der Waals surface area (Å²) < 4.78 is 34.1. The highest BCUT2D eigenvalue weighted by Gasteiger charge is 2.28. The van der Waals surface area contributed by atoms with Gasteiger partial charge in [0.2, 0.25) is 0 Å². The van der Waals surface area contributed by atoms with E-state index in [0.29, 0.717) is 25.5 Å². The number of hydrogen-bond donors (Lipinski definition) is 2. The number of sulfone groups is 1. The molecule has 7 nitrogen and oxygen atoms in total. The molecule has 152 valence electrons. The van der Waals surface area contributed by atoms with E-state index in [1.807, 2.05) is 32.0 Å². The molecule has 0 saturated carbocycles. The van der Waals surface area contributed by atoms with Crippen LogP contribution < -0.4 is 20.1 Å². The maximum absolute atomic E-state index is 11.6. The Labute approximate surface area is 162 Å². The Bertz CT molecular complexity index is 734. The van der Waals surface area contributed by atoms with Gasteiger partial charge in [-0.15, -0.1) is 0 Å². The van der Waals surface area contributed by atoms with Crippen LogP contribution in [-0.2, 0) is 16.3 Å². The van der Waals surface area contributed by atoms with E-state index in [1.54, 1.807) is 7.11 Å². The number of ether oxygens (including phenoxy) is 2. The van der Waals surface area contributed by atoms with Crippen LogP contribution in [0.15, 0.2) is 23.2 Å². The first kappa shape index (κ1) is 21.3. The number of aliphatic imine (C=N–C) groups is 1. The molecule has 0 radical (unpaired) electrons. The Morgan fingerprint density at radius 1 is 1.30 bits per heavy atom. The van der Waals surface area contributed by atoms with Gasteiger partial charge in [-0.2, -0.15) is 0 Å². The summed E-state index contributed by atoms with van der Waals surface area (Å²) in [5, 5.41) is 6.42. The molecule has 1 aromatic carbocycles. The van der Waals surface area contributed by atoms with Gasteiger partial charge in [0.15, 0.2) is 27.3 Å². The van der Waals surface area contributed by atoms with Gasteiger partial charge in [-0.05, 0) is 50.8 Å². The van der Waals surface area contributed by atoms with E-state index in [4.69, 9.17) is 9.47 Å². The van der Waals surface area contributed by atoms with E-state index in [0.717, 1.165) is 30.9 Å². The van der Waals surface area contributed by atoms with Gasteiger partial charge in [0.05, 0.1) is 25.2 Å². The summed E-state index contributed by atoms with van der Waals surface area (Å²) in [5.74, 6) is 2.62. The van der Waals surface area contributed by atoms with Crippen molar-refractivity contribution in [3.8, 4) is 11.5 Å². The summed E-state index contributed by atoms with van der Waals surface area (Å²) in [6.07, 6.45) is 2.40. The molecule has 1 aromatic rings. The quantitative estimate of drug-likeness (QED) is 0.375. The molecule has 8 heteroatoms. The lowest BCUT2D eigenvalue weighted by atomic mass is 10.1. The summed E-state index contributed by atoms with van der Waals surface area (Å²) in [7, 11) is -1.26. The Balaban J connectivity index is 1.87. The van der Waals surface area contributed by atoms with Crippen molar-refractivity contribution in [3.63, 3.8) is 0 Å². The second-order valence-electron chi connectivity index (χ2n) is 6.53. The average Bonchev–Trinajstić information content (AvgIpc) is 2.98. The van der Waals surface area contributed by atoms with Gasteiger partial charge in [-0.25, -0.2) is 8.42 Å². The minimum atomic E-state index is -2.90. The standard InChI is InChI=1S/C19H31N3O4S/c1-4-20-19(22-16-10-12-27(23,24)14-16)21-11-6-7-15-8-9-17(25-3)18(13-15)26-5-2/h8-9,13,16H,4-7,10-12,14H2,1-3H3,(H2,20,21,22). The van der Waals surface area contributed by atoms with Gasteiger partial charge >= 0.3 is 0 Å². The van der Waals surface area contributed by atoms with E-state index in [9.17, 15) is 8.42 Å². The van der Waals surface area contributed by atoms with Gasteiger partial charge in [0.25, 0.3) is 0 Å². The lowest BCUT2D eigenvalue weighted by Crippen LogP contribution is -2.44. The van der Waals surface area contributed by atoms with E-state index >= 15 is 0 Å². The molecule has 0 aliphatic carbocycles. The van der Waals surface area contributed by atoms with E-state index in [-0.39, 0.29) is 17.5 Å². The number of methoxy groups -OCH3 is 1. The molecule has 1 fully saturated rings. The summed E-state index contributed by atoms with van der Waals surface area (Å²) in [6.45, 7) is 5.94. The highest BCUT2D eigenvalue weighted by Crippen LogP contribution is 2.28. The molecule has 1 aliphatic rings. The summed E-state index contributed by atoms with van der Waals surface area (Å²) in [5.41, 5.74) is 1.18. The summed E-state index contributed by atoms with van der Waals surface area (Å²) in [4.78, 5) is 4.58. The van der Waals surface area contributed by atoms with Crippen molar-refractivity contribution in [3.05, 3.63) is 23.8 Å². The Morgan fingerprint density at radius 2 is 2.11 bits per heavy atom. The monoisotopic (exact) mass is 397 g/mol. The number of nitrogens with one attached hydrogen (secondary N) is 2. The number of hydrogen-bond acceptors (Lipinski definition) is 5. The zero-order chi connectivity index (χ0) is 19.7. The van der Waals surface area contributed by atoms with Gasteiger partial charge in [0.1, 0.15) is 0 Å². The van der Waals surface area contributed by atoms with Crippen molar-refractivity contribution in [1.82, 2.24) is 10.6 Å². The van der Waals surface area contributed by atoms with Crippen LogP contribution in [0, 0.1) is 0 Å². The van der Waals surface area contributed by atoms with Crippen LogP contribution in [0.3, 0.4) is 0 Å². The lowest BCUT2D eigenvalue weighted by Gasteiger charge is -2.15. The summed E-state index contributed by atoms with van der Waals surface area (Å²) in [6, 6.07) is 5.93. The van der Waals surface area contributed by atoms with Crippen molar-refractivity contribution < 1.29 is 17.9 Å². The molecule has 1 unspecified atom stereocenters. The zero-order valence-corrected chi connectivity index (χ0v) is 17.3. The van der Waals surface area contributed by atoms with Crippen molar-refractivity contribution >= 4 is 15.8 Å². The molecule has 0 spiro atoms. The molecule has 1 atom stereocenters. The Hall–Kier alpha value is -1.96. The lowest BCUT2D eigenvalue weighted by molar-refractivity contribution is 0.310. The van der Waals surface area contributed by atoms with Crippen molar-refractivity contribution in [1.29, 1.82) is 0 Å². The molecule has 1 saturated heterocycles. The van der Waals surface area contributed by atoms with Crippen molar-refractivity contribution in [2.24, 2.45) is 4.99 Å². The maximum atomic E-state index is 11.6. The zero-order valence-electron chi connectivity index (χ0n) is 16.5. The molecule has 0 amide bonds. The highest BCUT2D eigenvalue weighted by atomic mass is 32.2. The minimum absolute atomic E-state index is 0.0526. The van der Waals surface area contributed by atoms with Crippen molar-refractivity contribution in [2.45, 2.75) is 39.2 Å². The fourth-order valence-electron chi connectivity index (χ4n) is 3.04. The second kappa shape index (κ2) is 10.4. The van der Waals surface area contributed by atoms with E-state index in [2.05, 4.69) is 15.6 Å². The Morgan fingerprint density at radius 3 is 2.74 bits per heavy atom. The van der Waals surface area contributed by atoms with Crippen LogP contribution in [0.25, 0.3) is 0 Å². The van der Waals surface area contributed by atoms with Gasteiger partial charge in [0, 0.05) is 19.1 Å². The molecule has 1 aliphatic heterocycles. The first-order chi connectivity index (χ1) is 13.0. The molecular weight excluding hydrogens is 366 g/mol. The summed E-state index contributed by atoms with van der Waals surface area (Å²) >= 11 is 0. The molecule has 1 heterocycles. The fraction of sp³-hybridized carbons (Fsp3) is 0.632. The smallest absolute Gasteiger partial charge is 0.191 e. The number of aryl methyl sites for hydroxylation is 1. The van der Waals surface area contributed by atoms with Crippen molar-refractivity contribution in [2.75, 3.05) is 38.3 Å². The number of nitrogens with zero attached hydrogens (tertiary/aromatic N) is 1. The molecule has 2 rings (SSSR count). The predicted octanol–water partition coefficient (Wildman–Crippen LogP) is 1.77. The van der Waals surface area contributed by atoms with E-state index in [1.165, 1.54) is 5.56 Å². The largest absolute Gasteiger partial charge is 0.493 e. The van der Waals surface area contributed by atoms with E-state index < -0.39 is 9.84 Å². The topological polar surface area (TPSA) is 89.0 Å². The molecule has 2 N–H and O–H groups in total. The number of rotatable bonds is 9. The average molecular weight is 398 g/mol. The molecule has 27 heavy (non-hydrogen) atoms. The number of guanidine groups is 1. The first-order valence-electron chi connectivity index (χ1n) is 9.52. The van der Waals surface area contributed by atoms with Crippen LogP contribution in [0.4, 0.5) is 0 Å². The third kappa shape index (κ3) is 6.93. The third-order valence-corrected chi connectivity index (χ3v) is 6.11. The maximum Gasteiger partial charge on any atom is 0.191 e. The molecule has 0 bridgehead atoms. The van der Waals surface area contributed by atoms with Crippen LogP contribution in [0.5, 0.6) is 11.5 Å². The predicted molar refractivity (Wildman–Crippen MR) is 109 cm³/mol. The first-order valence-corrected chi connectivity index (χ1v) is 11.3. The van der Waals surface area contributed by atoms with Crippen LogP contribution >= 0.6 is 0 Å². The van der Waals surface area contributed by atoms with Crippen LogP contribution in [0.2, 0.25) is 0 Å². The normalized spacial score (nSPS) is 18.9. The Kier molecular flexibility index (Phi) is 8.22. The fourth-order valence-corrected chi connectivity index (χ4v) is 4.71. The van der Waals surface area contributed by atoms with Crippen LogP contribution in [-0.4, -0.2) is 58.7 Å². The van der Waals surface area contributed by atoms with Gasteiger partial charge in [-0.3, -0.25) is 4.99 Å². The SMILES string of the molecule is CCNC(=NCCCc1ccc(OC)c(OCC)c1)NC1CCS(=O)(=O)C1. The van der Waals surface area contributed by atoms with Gasteiger partial charge < -0.3 is 20.1 Å². The van der Waals surface area contributed by atoms with Gasteiger partial charge in [-0.1, -0.05) is 6.07 Å². The second-order valence-corrected chi connectivity index (χ2v) is 8.76.